The van der Waals surface area contributed by atoms with Gasteiger partial charge in [0.15, 0.2) is 0 Å². The highest BCUT2D eigenvalue weighted by Gasteiger charge is 2.34. The van der Waals surface area contributed by atoms with Crippen molar-refractivity contribution in [1.29, 1.82) is 0 Å². The minimum atomic E-state index is -1.02. The van der Waals surface area contributed by atoms with E-state index in [1.54, 1.807) is 26.0 Å². The van der Waals surface area contributed by atoms with Gasteiger partial charge in [-0.1, -0.05) is 64.1 Å². The first kappa shape index (κ1) is 37.6. The maximum absolute atomic E-state index is 13.8. The lowest BCUT2D eigenvalue weighted by molar-refractivity contribution is -0.142. The van der Waals surface area contributed by atoms with Crippen LogP contribution in [0.5, 0.6) is 0 Å². The van der Waals surface area contributed by atoms with E-state index in [0.29, 0.717) is 6.42 Å². The van der Waals surface area contributed by atoms with Gasteiger partial charge >= 0.3 is 0 Å². The maximum atomic E-state index is 13.8. The lowest BCUT2D eigenvalue weighted by Gasteiger charge is -2.33. The van der Waals surface area contributed by atoms with E-state index in [-0.39, 0.29) is 30.5 Å². The molecule has 0 bridgehead atoms. The summed E-state index contributed by atoms with van der Waals surface area (Å²) in [5.41, 5.74) is 0.980. The molecule has 1 saturated heterocycles. The summed E-state index contributed by atoms with van der Waals surface area (Å²) in [5.74, 6) is -3.58. The van der Waals surface area contributed by atoms with Crippen LogP contribution in [0.15, 0.2) is 54.7 Å². The molecule has 0 radical (unpaired) electrons. The minimum Gasteiger partial charge on any atom is -0.349 e. The molecule has 0 spiro atoms. The van der Waals surface area contributed by atoms with Gasteiger partial charge in [-0.2, -0.15) is 0 Å². The van der Waals surface area contributed by atoms with Crippen LogP contribution in [-0.2, 0) is 30.4 Å². The third-order valence-electron chi connectivity index (χ3n) is 8.27. The summed E-state index contributed by atoms with van der Waals surface area (Å²) in [7, 11) is 1.46. The van der Waals surface area contributed by atoms with Gasteiger partial charge in [-0.15, -0.1) is 0 Å². The molecule has 2 aromatic rings. The van der Waals surface area contributed by atoms with Crippen molar-refractivity contribution in [1.82, 2.24) is 36.1 Å². The Morgan fingerprint density at radius 2 is 1.52 bits per heavy atom. The normalized spacial score (nSPS) is 23.9. The van der Waals surface area contributed by atoms with Crippen molar-refractivity contribution < 1.29 is 28.8 Å². The number of hydrogen-bond acceptors (Lipinski definition) is 7. The number of carbonyl (C=O) groups is 6. The van der Waals surface area contributed by atoms with Crippen LogP contribution in [0.2, 0.25) is 0 Å². The predicted molar refractivity (Wildman–Crippen MR) is 180 cm³/mol. The molecule has 0 aliphatic carbocycles. The van der Waals surface area contributed by atoms with E-state index in [4.69, 9.17) is 0 Å². The Balaban J connectivity index is 2.08. The zero-order valence-electron chi connectivity index (χ0n) is 28.9. The van der Waals surface area contributed by atoms with Crippen molar-refractivity contribution in [2.24, 2.45) is 11.8 Å². The van der Waals surface area contributed by atoms with Crippen LogP contribution >= 0.6 is 0 Å². The van der Waals surface area contributed by atoms with Gasteiger partial charge in [-0.05, 0) is 56.2 Å². The Kier molecular flexibility index (Phi) is 13.6. The first-order chi connectivity index (χ1) is 22.7. The Hall–Kier alpha value is -4.81. The SMILES string of the molecule is CC(C)C[C@@H]1NC(=O)CN(C(=O)c2ccccn2)C[C@H](Cc2ccccc2)NC(=O)[C@H](C(C)C)NC(=O)[C@@H](C)NC(=O)[C@H](C)N(C)C1=O. The van der Waals surface area contributed by atoms with Crippen molar-refractivity contribution in [2.75, 3.05) is 20.1 Å². The van der Waals surface area contributed by atoms with E-state index in [9.17, 15) is 28.8 Å². The topological polar surface area (TPSA) is 170 Å². The van der Waals surface area contributed by atoms with Crippen LogP contribution in [0, 0.1) is 11.8 Å². The number of benzene rings is 1. The average Bonchev–Trinajstić information content (AvgIpc) is 3.04. The summed E-state index contributed by atoms with van der Waals surface area (Å²) in [4.78, 5) is 88.1. The molecular weight excluding hydrogens is 614 g/mol. The van der Waals surface area contributed by atoms with Gasteiger partial charge in [0.1, 0.15) is 29.9 Å². The van der Waals surface area contributed by atoms with Crippen molar-refractivity contribution in [3.63, 3.8) is 0 Å². The van der Waals surface area contributed by atoms with E-state index in [1.807, 2.05) is 44.2 Å². The third kappa shape index (κ3) is 10.6. The molecule has 3 rings (SSSR count). The fourth-order valence-electron chi connectivity index (χ4n) is 5.42. The zero-order chi connectivity index (χ0) is 35.5. The summed E-state index contributed by atoms with van der Waals surface area (Å²) in [6.07, 6.45) is 2.06. The van der Waals surface area contributed by atoms with Gasteiger partial charge in [0.2, 0.25) is 29.5 Å². The summed E-state index contributed by atoms with van der Waals surface area (Å²) in [5, 5.41) is 11.2. The summed E-state index contributed by atoms with van der Waals surface area (Å²) in [6.45, 7) is 9.88. The molecule has 5 atom stereocenters. The fourth-order valence-corrected chi connectivity index (χ4v) is 5.42. The highest BCUT2D eigenvalue weighted by Crippen LogP contribution is 2.13. The van der Waals surface area contributed by atoms with E-state index in [1.165, 1.54) is 43.0 Å². The van der Waals surface area contributed by atoms with Crippen LogP contribution in [-0.4, -0.2) is 101 Å². The largest absolute Gasteiger partial charge is 0.349 e. The number of amides is 6. The van der Waals surface area contributed by atoms with E-state index in [2.05, 4.69) is 26.3 Å². The third-order valence-corrected chi connectivity index (χ3v) is 8.27. The molecule has 0 unspecified atom stereocenters. The van der Waals surface area contributed by atoms with Crippen LogP contribution in [0.3, 0.4) is 0 Å². The molecule has 4 N–H and O–H groups in total. The lowest BCUT2D eigenvalue weighted by atomic mass is 10.00. The van der Waals surface area contributed by atoms with Crippen LogP contribution in [0.1, 0.15) is 64.0 Å². The number of nitrogens with one attached hydrogen (secondary N) is 4. The minimum absolute atomic E-state index is 0.00369. The molecular formula is C35H49N7O6. The Morgan fingerprint density at radius 1 is 0.854 bits per heavy atom. The second kappa shape index (κ2) is 17.4. The molecule has 1 aromatic heterocycles. The molecule has 1 fully saturated rings. The summed E-state index contributed by atoms with van der Waals surface area (Å²) >= 11 is 0. The van der Waals surface area contributed by atoms with Crippen molar-refractivity contribution in [2.45, 2.75) is 84.6 Å². The van der Waals surface area contributed by atoms with Crippen LogP contribution < -0.4 is 21.3 Å². The van der Waals surface area contributed by atoms with Gasteiger partial charge in [-0.3, -0.25) is 33.8 Å². The van der Waals surface area contributed by atoms with Gasteiger partial charge in [-0.25, -0.2) is 0 Å². The quantitative estimate of drug-likeness (QED) is 0.361. The Labute approximate surface area is 282 Å². The Morgan fingerprint density at radius 3 is 2.12 bits per heavy atom. The van der Waals surface area contributed by atoms with E-state index in [0.717, 1.165) is 5.56 Å². The highest BCUT2D eigenvalue weighted by atomic mass is 16.2. The lowest BCUT2D eigenvalue weighted by Crippen LogP contribution is -2.60. The molecule has 1 aromatic carbocycles. The molecule has 1 aliphatic heterocycles. The summed E-state index contributed by atoms with van der Waals surface area (Å²) in [6, 6.07) is 9.58. The first-order valence-electron chi connectivity index (χ1n) is 16.4. The van der Waals surface area contributed by atoms with E-state index < -0.39 is 72.2 Å². The van der Waals surface area contributed by atoms with Crippen molar-refractivity contribution in [3.05, 3.63) is 66.0 Å². The maximum Gasteiger partial charge on any atom is 0.272 e. The standard InChI is InChI=1S/C35H49N7O6/c1-21(2)17-28-34(47)41(7)24(6)32(45)37-23(5)31(44)40-30(22(3)4)33(46)38-26(18-25-13-9-8-10-14-25)19-42(20-29(43)39-28)35(48)27-15-11-12-16-36-27/h8-16,21-24,26,28,30H,17-20H2,1-7H3,(H,37,45)(H,38,46)(H,39,43)(H,40,44)/t23-,24+,26+,28+,30+/m1/s1. The summed E-state index contributed by atoms with van der Waals surface area (Å²) < 4.78 is 0. The predicted octanol–water partition coefficient (Wildman–Crippen LogP) is 1.29. The number of aromatic nitrogens is 1. The molecule has 1 aliphatic rings. The smallest absolute Gasteiger partial charge is 0.272 e. The number of carbonyl (C=O) groups excluding carboxylic acids is 6. The molecule has 2 heterocycles. The monoisotopic (exact) mass is 663 g/mol. The van der Waals surface area contributed by atoms with Crippen molar-refractivity contribution in [3.8, 4) is 0 Å². The van der Waals surface area contributed by atoms with Gasteiger partial charge in [0.25, 0.3) is 5.91 Å². The number of pyridine rings is 1. The van der Waals surface area contributed by atoms with Crippen LogP contribution in [0.4, 0.5) is 0 Å². The van der Waals surface area contributed by atoms with Crippen LogP contribution in [0.25, 0.3) is 0 Å². The average molecular weight is 664 g/mol. The molecule has 13 nitrogen and oxygen atoms in total. The second-order valence-corrected chi connectivity index (χ2v) is 13.1. The number of nitrogens with zero attached hydrogens (tertiary/aromatic N) is 3. The fraction of sp³-hybridized carbons (Fsp3) is 0.514. The number of hydrogen-bond donors (Lipinski definition) is 4. The molecule has 0 saturated carbocycles. The zero-order valence-corrected chi connectivity index (χ0v) is 28.9. The van der Waals surface area contributed by atoms with Gasteiger partial charge in [0.05, 0.1) is 12.6 Å². The first-order valence-corrected chi connectivity index (χ1v) is 16.4. The highest BCUT2D eigenvalue weighted by molar-refractivity contribution is 5.97. The molecule has 260 valence electrons. The molecule has 13 heteroatoms. The number of rotatable bonds is 6. The second-order valence-electron chi connectivity index (χ2n) is 13.1. The van der Waals surface area contributed by atoms with Gasteiger partial charge < -0.3 is 31.1 Å². The Bertz CT molecular complexity index is 1440. The molecule has 48 heavy (non-hydrogen) atoms. The van der Waals surface area contributed by atoms with Crippen molar-refractivity contribution >= 4 is 35.4 Å². The van der Waals surface area contributed by atoms with Gasteiger partial charge in [0, 0.05) is 19.8 Å². The van der Waals surface area contributed by atoms with E-state index >= 15 is 0 Å². The number of likely N-dealkylation sites (N-methyl/N-ethyl adjacent to an activating group) is 1. The molecule has 6 amide bonds.